The van der Waals surface area contributed by atoms with Gasteiger partial charge in [-0.05, 0) is 38.7 Å². The summed E-state index contributed by atoms with van der Waals surface area (Å²) in [4.78, 5) is 7.32. The third-order valence-electron chi connectivity index (χ3n) is 6.05. The standard InChI is InChI=1S/C20H25N9/c1-13-9-19(27-26-13)25-20-24-18(12-17-5-7-22-29(17)20)23-14-10-15-3-4-16(11-14)28(15)8-2-6-21/h5,7,9,12,14-16,23H,2-4,8,10-11H2,1H3,(H2,24,25,26,27)/t14?,15-,16+. The van der Waals surface area contributed by atoms with Crippen LogP contribution in [0.3, 0.4) is 0 Å². The summed E-state index contributed by atoms with van der Waals surface area (Å²) in [6, 6.07) is 9.77. The number of piperidine rings is 1. The molecule has 9 nitrogen and oxygen atoms in total. The van der Waals surface area contributed by atoms with Crippen molar-refractivity contribution in [2.75, 3.05) is 17.2 Å². The summed E-state index contributed by atoms with van der Waals surface area (Å²) in [6.45, 7) is 2.86. The molecule has 5 rings (SSSR count). The number of fused-ring (bicyclic) bond motifs is 3. The van der Waals surface area contributed by atoms with Gasteiger partial charge in [-0.15, -0.1) is 0 Å². The van der Waals surface area contributed by atoms with Crippen molar-refractivity contribution in [3.8, 4) is 6.07 Å². The Bertz CT molecular complexity index is 1030. The molecule has 2 aliphatic rings. The molecule has 0 aromatic carbocycles. The van der Waals surface area contributed by atoms with Crippen molar-refractivity contribution in [2.24, 2.45) is 0 Å². The molecule has 9 heteroatoms. The average molecular weight is 391 g/mol. The average Bonchev–Trinajstić information content (AvgIpc) is 3.39. The van der Waals surface area contributed by atoms with Gasteiger partial charge in [0.05, 0.1) is 17.8 Å². The van der Waals surface area contributed by atoms with Crippen LogP contribution in [0.15, 0.2) is 24.4 Å². The Kier molecular flexibility index (Phi) is 4.56. The lowest BCUT2D eigenvalue weighted by Gasteiger charge is -2.39. The monoisotopic (exact) mass is 391 g/mol. The second kappa shape index (κ2) is 7.37. The van der Waals surface area contributed by atoms with Crippen LogP contribution in [-0.4, -0.2) is 54.4 Å². The van der Waals surface area contributed by atoms with Crippen LogP contribution in [0.5, 0.6) is 0 Å². The fourth-order valence-corrected chi connectivity index (χ4v) is 4.83. The molecular formula is C20H25N9. The van der Waals surface area contributed by atoms with E-state index in [2.05, 4.69) is 36.9 Å². The SMILES string of the molecule is Cc1cc(Nc2nc(NC3C[C@H]4CC[C@@H](C3)N4CCC#N)cc3ccnn23)n[nH]1. The predicted octanol–water partition coefficient (Wildman–Crippen LogP) is 2.83. The molecule has 3 aromatic rings. The molecule has 0 radical (unpaired) electrons. The Morgan fingerprint density at radius 2 is 2.07 bits per heavy atom. The second-order valence-corrected chi connectivity index (χ2v) is 8.04. The molecule has 0 saturated carbocycles. The highest BCUT2D eigenvalue weighted by Crippen LogP contribution is 2.36. The Balaban J connectivity index is 1.34. The van der Waals surface area contributed by atoms with E-state index in [1.807, 2.05) is 25.1 Å². The first-order chi connectivity index (χ1) is 14.2. The first-order valence-corrected chi connectivity index (χ1v) is 10.2. The van der Waals surface area contributed by atoms with Gasteiger partial charge < -0.3 is 10.6 Å². The predicted molar refractivity (Wildman–Crippen MR) is 110 cm³/mol. The molecule has 0 aliphatic carbocycles. The third kappa shape index (κ3) is 3.51. The van der Waals surface area contributed by atoms with Gasteiger partial charge >= 0.3 is 0 Å². The largest absolute Gasteiger partial charge is 0.367 e. The van der Waals surface area contributed by atoms with E-state index in [1.54, 1.807) is 10.7 Å². The summed E-state index contributed by atoms with van der Waals surface area (Å²) >= 11 is 0. The zero-order chi connectivity index (χ0) is 19.8. The number of aryl methyl sites for hydroxylation is 1. The van der Waals surface area contributed by atoms with E-state index < -0.39 is 0 Å². The van der Waals surface area contributed by atoms with Crippen molar-refractivity contribution < 1.29 is 0 Å². The van der Waals surface area contributed by atoms with Crippen molar-refractivity contribution in [3.63, 3.8) is 0 Å². The first-order valence-electron chi connectivity index (χ1n) is 10.2. The summed E-state index contributed by atoms with van der Waals surface area (Å²) in [5.41, 5.74) is 1.96. The van der Waals surface area contributed by atoms with Gasteiger partial charge in [0, 0.05) is 48.9 Å². The molecule has 3 aromatic heterocycles. The lowest BCUT2D eigenvalue weighted by atomic mass is 9.97. The van der Waals surface area contributed by atoms with Crippen LogP contribution in [-0.2, 0) is 0 Å². The Morgan fingerprint density at radius 1 is 1.24 bits per heavy atom. The van der Waals surface area contributed by atoms with Gasteiger partial charge in [0.2, 0.25) is 5.95 Å². The summed E-state index contributed by atoms with van der Waals surface area (Å²) in [7, 11) is 0. The van der Waals surface area contributed by atoms with Crippen molar-refractivity contribution in [2.45, 2.75) is 57.2 Å². The number of aromatic amines is 1. The number of hydrogen-bond acceptors (Lipinski definition) is 7. The molecule has 150 valence electrons. The normalized spacial score (nSPS) is 23.9. The maximum Gasteiger partial charge on any atom is 0.232 e. The zero-order valence-corrected chi connectivity index (χ0v) is 16.5. The van der Waals surface area contributed by atoms with Crippen LogP contribution in [0.4, 0.5) is 17.6 Å². The van der Waals surface area contributed by atoms with E-state index >= 15 is 0 Å². The van der Waals surface area contributed by atoms with E-state index in [4.69, 9.17) is 10.2 Å². The molecule has 1 unspecified atom stereocenters. The molecule has 3 atom stereocenters. The maximum absolute atomic E-state index is 8.92. The number of anilines is 3. The molecule has 0 spiro atoms. The number of rotatable bonds is 6. The minimum atomic E-state index is 0.393. The molecule has 2 bridgehead atoms. The van der Waals surface area contributed by atoms with Gasteiger partial charge in [0.15, 0.2) is 5.82 Å². The van der Waals surface area contributed by atoms with Crippen molar-refractivity contribution in [1.29, 1.82) is 5.26 Å². The molecule has 2 saturated heterocycles. The zero-order valence-electron chi connectivity index (χ0n) is 16.5. The molecule has 3 N–H and O–H groups in total. The summed E-state index contributed by atoms with van der Waals surface area (Å²) in [5.74, 6) is 2.20. The third-order valence-corrected chi connectivity index (χ3v) is 6.05. The lowest BCUT2D eigenvalue weighted by molar-refractivity contribution is 0.136. The Hall–Kier alpha value is -3.12. The number of aromatic nitrogens is 5. The highest BCUT2D eigenvalue weighted by atomic mass is 15.3. The van der Waals surface area contributed by atoms with Crippen LogP contribution in [0, 0.1) is 18.3 Å². The second-order valence-electron chi connectivity index (χ2n) is 8.04. The van der Waals surface area contributed by atoms with Crippen LogP contribution in [0.25, 0.3) is 5.52 Å². The topological polar surface area (TPSA) is 110 Å². The quantitative estimate of drug-likeness (QED) is 0.593. The van der Waals surface area contributed by atoms with Crippen molar-refractivity contribution in [1.82, 2.24) is 29.7 Å². The molecule has 29 heavy (non-hydrogen) atoms. The first kappa shape index (κ1) is 17.9. The maximum atomic E-state index is 8.92. The van der Waals surface area contributed by atoms with Gasteiger partial charge in [-0.3, -0.25) is 10.00 Å². The van der Waals surface area contributed by atoms with Crippen molar-refractivity contribution in [3.05, 3.63) is 30.1 Å². The number of hydrogen-bond donors (Lipinski definition) is 3. The smallest absolute Gasteiger partial charge is 0.232 e. The van der Waals surface area contributed by atoms with E-state index in [1.165, 1.54) is 12.8 Å². The summed E-state index contributed by atoms with van der Waals surface area (Å²) in [6.07, 6.45) is 7.04. The minimum Gasteiger partial charge on any atom is -0.367 e. The fourth-order valence-electron chi connectivity index (χ4n) is 4.83. The van der Waals surface area contributed by atoms with Gasteiger partial charge in [0.25, 0.3) is 0 Å². The Labute approximate surface area is 169 Å². The van der Waals surface area contributed by atoms with E-state index in [0.717, 1.165) is 36.4 Å². The van der Waals surface area contributed by atoms with Crippen LogP contribution < -0.4 is 10.6 Å². The number of nitriles is 1. The van der Waals surface area contributed by atoms with Crippen molar-refractivity contribution >= 4 is 23.1 Å². The molecular weight excluding hydrogens is 366 g/mol. The van der Waals surface area contributed by atoms with Gasteiger partial charge in [0.1, 0.15) is 5.82 Å². The van der Waals surface area contributed by atoms with Gasteiger partial charge in [-0.25, -0.2) is 4.52 Å². The highest BCUT2D eigenvalue weighted by molar-refractivity contribution is 5.62. The van der Waals surface area contributed by atoms with E-state index in [9.17, 15) is 0 Å². The molecule has 0 amide bonds. The molecule has 2 fully saturated rings. The van der Waals surface area contributed by atoms with E-state index in [0.29, 0.717) is 36.3 Å². The van der Waals surface area contributed by atoms with E-state index in [-0.39, 0.29) is 0 Å². The van der Waals surface area contributed by atoms with Crippen LogP contribution >= 0.6 is 0 Å². The fraction of sp³-hybridized carbons (Fsp3) is 0.500. The number of H-pyrrole nitrogens is 1. The highest BCUT2D eigenvalue weighted by Gasteiger charge is 2.40. The lowest BCUT2D eigenvalue weighted by Crippen LogP contribution is -2.47. The summed E-state index contributed by atoms with van der Waals surface area (Å²) in [5, 5.41) is 27.4. The summed E-state index contributed by atoms with van der Waals surface area (Å²) < 4.78 is 1.78. The molecule has 5 heterocycles. The number of nitrogens with zero attached hydrogens (tertiary/aromatic N) is 6. The number of nitrogens with one attached hydrogen (secondary N) is 3. The van der Waals surface area contributed by atoms with Gasteiger partial charge in [-0.2, -0.15) is 20.4 Å². The van der Waals surface area contributed by atoms with Crippen LogP contribution in [0.1, 0.15) is 37.8 Å². The molecule has 2 aliphatic heterocycles. The van der Waals surface area contributed by atoms with Crippen LogP contribution in [0.2, 0.25) is 0 Å². The van der Waals surface area contributed by atoms with Gasteiger partial charge in [-0.1, -0.05) is 0 Å². The minimum absolute atomic E-state index is 0.393. The Morgan fingerprint density at radius 3 is 2.79 bits per heavy atom.